The molecule has 19 heavy (non-hydrogen) atoms. The van der Waals surface area contributed by atoms with E-state index in [1.165, 1.54) is 48.9 Å². The Balaban J connectivity index is 1.69. The van der Waals surface area contributed by atoms with Crippen molar-refractivity contribution >= 4 is 5.69 Å². The van der Waals surface area contributed by atoms with Crippen molar-refractivity contribution in [1.82, 2.24) is 0 Å². The Labute approximate surface area is 116 Å². The number of ether oxygens (including phenoxy) is 1. The number of hydrogen-bond acceptors (Lipinski definition) is 2. The van der Waals surface area contributed by atoms with Gasteiger partial charge < -0.3 is 10.1 Å². The molecule has 1 aliphatic heterocycles. The zero-order valence-corrected chi connectivity index (χ0v) is 12.2. The monoisotopic (exact) mass is 259 g/mol. The van der Waals surface area contributed by atoms with Gasteiger partial charge in [-0.3, -0.25) is 0 Å². The summed E-state index contributed by atoms with van der Waals surface area (Å²) in [5.41, 5.74) is 4.19. The summed E-state index contributed by atoms with van der Waals surface area (Å²) in [7, 11) is 0. The highest BCUT2D eigenvalue weighted by Gasteiger charge is 2.39. The second-order valence-corrected chi connectivity index (χ2v) is 6.39. The fourth-order valence-corrected chi connectivity index (χ4v) is 3.71. The third kappa shape index (κ3) is 2.79. The molecule has 2 aliphatic rings. The maximum atomic E-state index is 6.10. The van der Waals surface area contributed by atoms with Crippen LogP contribution in [0.5, 0.6) is 0 Å². The molecule has 2 nitrogen and oxygen atoms in total. The van der Waals surface area contributed by atoms with Gasteiger partial charge in [-0.2, -0.15) is 0 Å². The van der Waals surface area contributed by atoms with Crippen LogP contribution in [0.4, 0.5) is 5.69 Å². The Kier molecular flexibility index (Phi) is 3.53. The minimum atomic E-state index is 0.203. The Bertz CT molecular complexity index is 449. The van der Waals surface area contributed by atoms with Crippen molar-refractivity contribution in [3.05, 3.63) is 29.3 Å². The minimum absolute atomic E-state index is 0.203. The molecule has 1 aromatic rings. The molecule has 3 rings (SSSR count). The van der Waals surface area contributed by atoms with Gasteiger partial charge in [-0.05, 0) is 51.2 Å². The number of benzene rings is 1. The van der Waals surface area contributed by atoms with E-state index in [4.69, 9.17) is 4.74 Å². The van der Waals surface area contributed by atoms with Gasteiger partial charge in [0.25, 0.3) is 0 Å². The Morgan fingerprint density at radius 2 is 2.00 bits per heavy atom. The lowest BCUT2D eigenvalue weighted by Gasteiger charge is -2.39. The maximum Gasteiger partial charge on any atom is 0.0702 e. The van der Waals surface area contributed by atoms with Gasteiger partial charge in [0.05, 0.1) is 5.60 Å². The van der Waals surface area contributed by atoms with E-state index in [0.29, 0.717) is 6.04 Å². The van der Waals surface area contributed by atoms with Crippen LogP contribution in [-0.4, -0.2) is 18.2 Å². The lowest BCUT2D eigenvalue weighted by Crippen LogP contribution is -2.42. The number of anilines is 1. The van der Waals surface area contributed by atoms with Crippen molar-refractivity contribution in [2.24, 2.45) is 0 Å². The van der Waals surface area contributed by atoms with E-state index in [1.54, 1.807) is 0 Å². The molecule has 1 N–H and O–H groups in total. The molecule has 1 aromatic carbocycles. The van der Waals surface area contributed by atoms with E-state index in [0.717, 1.165) is 13.0 Å². The van der Waals surface area contributed by atoms with Crippen LogP contribution in [0.25, 0.3) is 0 Å². The highest BCUT2D eigenvalue weighted by atomic mass is 16.5. The molecule has 0 radical (unpaired) electrons. The number of rotatable bonds is 2. The summed E-state index contributed by atoms with van der Waals surface area (Å²) in [4.78, 5) is 0. The first-order chi connectivity index (χ1) is 9.17. The predicted molar refractivity (Wildman–Crippen MR) is 79.7 cm³/mol. The van der Waals surface area contributed by atoms with Crippen LogP contribution in [0, 0.1) is 13.8 Å². The van der Waals surface area contributed by atoms with Crippen LogP contribution in [0.1, 0.15) is 49.7 Å². The molecule has 1 spiro atoms. The topological polar surface area (TPSA) is 21.3 Å². The average molecular weight is 259 g/mol. The minimum Gasteiger partial charge on any atom is -0.382 e. The number of aryl methyl sites for hydroxylation is 2. The van der Waals surface area contributed by atoms with E-state index in [2.05, 4.69) is 37.4 Å². The molecular weight excluding hydrogens is 234 g/mol. The Morgan fingerprint density at radius 3 is 2.74 bits per heavy atom. The zero-order valence-electron chi connectivity index (χ0n) is 12.2. The van der Waals surface area contributed by atoms with Crippen LogP contribution in [0.2, 0.25) is 0 Å². The molecule has 1 atom stereocenters. The molecule has 1 saturated heterocycles. The van der Waals surface area contributed by atoms with Gasteiger partial charge in [-0.25, -0.2) is 0 Å². The van der Waals surface area contributed by atoms with Crippen LogP contribution < -0.4 is 5.32 Å². The summed E-state index contributed by atoms with van der Waals surface area (Å²) < 4.78 is 6.10. The molecule has 1 saturated carbocycles. The van der Waals surface area contributed by atoms with Crippen molar-refractivity contribution in [1.29, 1.82) is 0 Å². The molecular formula is C17H25NO. The first kappa shape index (κ1) is 13.0. The van der Waals surface area contributed by atoms with Gasteiger partial charge in [-0.15, -0.1) is 0 Å². The van der Waals surface area contributed by atoms with E-state index in [9.17, 15) is 0 Å². The molecule has 0 bridgehead atoms. The molecule has 2 heteroatoms. The molecule has 0 aromatic heterocycles. The summed E-state index contributed by atoms with van der Waals surface area (Å²) in [6, 6.07) is 7.25. The molecule has 1 unspecified atom stereocenters. The lowest BCUT2D eigenvalue weighted by atomic mass is 9.88. The van der Waals surface area contributed by atoms with Crippen LogP contribution in [-0.2, 0) is 4.74 Å². The smallest absolute Gasteiger partial charge is 0.0702 e. The third-order valence-corrected chi connectivity index (χ3v) is 4.75. The van der Waals surface area contributed by atoms with Gasteiger partial charge in [0, 0.05) is 18.3 Å². The van der Waals surface area contributed by atoms with E-state index in [-0.39, 0.29) is 5.60 Å². The van der Waals surface area contributed by atoms with Crippen molar-refractivity contribution < 1.29 is 4.74 Å². The van der Waals surface area contributed by atoms with Gasteiger partial charge in [0.2, 0.25) is 0 Å². The second-order valence-electron chi connectivity index (χ2n) is 6.39. The standard InChI is InChI=1S/C17H25NO/c1-13-5-6-16(14(2)11-13)18-15-7-10-19-17(12-15)8-3-4-9-17/h5-6,11,15,18H,3-4,7-10,12H2,1-2H3. The van der Waals surface area contributed by atoms with E-state index < -0.39 is 0 Å². The fraction of sp³-hybridized carbons (Fsp3) is 0.647. The van der Waals surface area contributed by atoms with Crippen molar-refractivity contribution in [2.75, 3.05) is 11.9 Å². The molecule has 2 fully saturated rings. The van der Waals surface area contributed by atoms with Crippen LogP contribution in [0.15, 0.2) is 18.2 Å². The highest BCUT2D eigenvalue weighted by Crippen LogP contribution is 2.40. The highest BCUT2D eigenvalue weighted by molar-refractivity contribution is 5.52. The molecule has 1 heterocycles. The van der Waals surface area contributed by atoms with Crippen molar-refractivity contribution in [2.45, 2.75) is 64.0 Å². The summed E-state index contributed by atoms with van der Waals surface area (Å²) in [5, 5.41) is 3.75. The van der Waals surface area contributed by atoms with Gasteiger partial charge in [0.15, 0.2) is 0 Å². The van der Waals surface area contributed by atoms with Gasteiger partial charge in [-0.1, -0.05) is 30.5 Å². The van der Waals surface area contributed by atoms with Crippen LogP contribution in [0.3, 0.4) is 0 Å². The summed E-state index contributed by atoms with van der Waals surface area (Å²) >= 11 is 0. The largest absolute Gasteiger partial charge is 0.382 e. The normalized spacial score (nSPS) is 25.7. The third-order valence-electron chi connectivity index (χ3n) is 4.75. The number of hydrogen-bond donors (Lipinski definition) is 1. The molecule has 1 aliphatic carbocycles. The Morgan fingerprint density at radius 1 is 1.21 bits per heavy atom. The first-order valence-electron chi connectivity index (χ1n) is 7.65. The second kappa shape index (κ2) is 5.16. The maximum absolute atomic E-state index is 6.10. The summed E-state index contributed by atoms with van der Waals surface area (Å²) in [6.45, 7) is 5.27. The fourth-order valence-electron chi connectivity index (χ4n) is 3.71. The predicted octanol–water partition coefficient (Wildman–Crippen LogP) is 4.21. The quantitative estimate of drug-likeness (QED) is 0.859. The summed E-state index contributed by atoms with van der Waals surface area (Å²) in [6.07, 6.45) is 7.53. The Hall–Kier alpha value is -1.02. The zero-order chi connectivity index (χ0) is 13.3. The lowest BCUT2D eigenvalue weighted by molar-refractivity contribution is -0.0767. The van der Waals surface area contributed by atoms with Crippen molar-refractivity contribution in [3.63, 3.8) is 0 Å². The van der Waals surface area contributed by atoms with Gasteiger partial charge >= 0.3 is 0 Å². The molecule has 0 amide bonds. The number of nitrogens with one attached hydrogen (secondary N) is 1. The average Bonchev–Trinajstić information content (AvgIpc) is 2.81. The van der Waals surface area contributed by atoms with E-state index in [1.807, 2.05) is 0 Å². The van der Waals surface area contributed by atoms with Crippen LogP contribution >= 0.6 is 0 Å². The molecule has 104 valence electrons. The van der Waals surface area contributed by atoms with Crippen molar-refractivity contribution in [3.8, 4) is 0 Å². The van der Waals surface area contributed by atoms with Gasteiger partial charge in [0.1, 0.15) is 0 Å². The SMILES string of the molecule is Cc1ccc(NC2CCOC3(CCCC3)C2)c(C)c1. The first-order valence-corrected chi connectivity index (χ1v) is 7.65. The van der Waals surface area contributed by atoms with E-state index >= 15 is 0 Å². The summed E-state index contributed by atoms with van der Waals surface area (Å²) in [5.74, 6) is 0.